The van der Waals surface area contributed by atoms with Gasteiger partial charge in [0.1, 0.15) is 0 Å². The van der Waals surface area contributed by atoms with Crippen molar-refractivity contribution in [3.8, 4) is 0 Å². The zero-order valence-corrected chi connectivity index (χ0v) is 11.7. The van der Waals surface area contributed by atoms with E-state index in [0.717, 1.165) is 36.3 Å². The first-order valence-corrected chi connectivity index (χ1v) is 6.81. The normalized spacial score (nSPS) is 16.9. The summed E-state index contributed by atoms with van der Waals surface area (Å²) in [5.41, 5.74) is 2.12. The summed E-state index contributed by atoms with van der Waals surface area (Å²) in [6.07, 6.45) is 4.08. The Bertz CT molecular complexity index is 673. The van der Waals surface area contributed by atoms with Gasteiger partial charge in [0.05, 0.1) is 22.6 Å². The molecule has 6 nitrogen and oxygen atoms in total. The number of aryl methyl sites for hydroxylation is 2. The highest BCUT2D eigenvalue weighted by molar-refractivity contribution is 5.95. The lowest BCUT2D eigenvalue weighted by molar-refractivity contribution is -0.0300. The summed E-state index contributed by atoms with van der Waals surface area (Å²) in [4.78, 5) is 16.4. The maximum absolute atomic E-state index is 12.2. The number of aromatic nitrogens is 3. The summed E-state index contributed by atoms with van der Waals surface area (Å²) in [6.45, 7) is 4.02. The first-order valence-electron chi connectivity index (χ1n) is 6.81. The van der Waals surface area contributed by atoms with Crippen molar-refractivity contribution in [1.29, 1.82) is 0 Å². The van der Waals surface area contributed by atoms with Crippen LogP contribution >= 0.6 is 0 Å². The second kappa shape index (κ2) is 4.56. The van der Waals surface area contributed by atoms with Crippen LogP contribution in [0.25, 0.3) is 5.65 Å². The molecule has 106 valence electrons. The average molecular weight is 274 g/mol. The number of aliphatic hydroxyl groups is 1. The first kappa shape index (κ1) is 13.1. The van der Waals surface area contributed by atoms with Gasteiger partial charge in [0.2, 0.25) is 0 Å². The predicted octanol–water partition coefficient (Wildman–Crippen LogP) is 0.991. The van der Waals surface area contributed by atoms with Gasteiger partial charge in [0.15, 0.2) is 5.65 Å². The van der Waals surface area contributed by atoms with Gasteiger partial charge < -0.3 is 10.4 Å². The molecule has 0 atom stereocenters. The van der Waals surface area contributed by atoms with E-state index >= 15 is 0 Å². The van der Waals surface area contributed by atoms with E-state index in [4.69, 9.17) is 0 Å². The Labute approximate surface area is 116 Å². The van der Waals surface area contributed by atoms with E-state index in [-0.39, 0.29) is 5.91 Å². The minimum atomic E-state index is -0.719. The Hall–Kier alpha value is -1.95. The van der Waals surface area contributed by atoms with Gasteiger partial charge in [0, 0.05) is 18.8 Å². The van der Waals surface area contributed by atoms with Crippen LogP contribution in [0.4, 0.5) is 0 Å². The van der Waals surface area contributed by atoms with Crippen molar-refractivity contribution in [1.82, 2.24) is 19.9 Å². The number of fused-ring (bicyclic) bond motifs is 1. The van der Waals surface area contributed by atoms with Crippen LogP contribution in [0.1, 0.15) is 41.0 Å². The number of carbonyl (C=O) groups excluding carboxylic acids is 1. The van der Waals surface area contributed by atoms with Gasteiger partial charge in [-0.15, -0.1) is 0 Å². The number of carbonyl (C=O) groups is 1. The molecule has 0 bridgehead atoms. The van der Waals surface area contributed by atoms with Crippen molar-refractivity contribution in [3.05, 3.63) is 29.2 Å². The van der Waals surface area contributed by atoms with E-state index in [9.17, 15) is 9.90 Å². The molecule has 0 aromatic carbocycles. The van der Waals surface area contributed by atoms with Crippen LogP contribution in [0.15, 0.2) is 12.3 Å². The third kappa shape index (κ3) is 2.16. The van der Waals surface area contributed by atoms with Crippen LogP contribution in [0.2, 0.25) is 0 Å². The molecule has 2 aromatic rings. The van der Waals surface area contributed by atoms with Gasteiger partial charge in [-0.1, -0.05) is 0 Å². The average Bonchev–Trinajstić information content (AvgIpc) is 2.76. The largest absolute Gasteiger partial charge is 0.388 e. The Morgan fingerprint density at radius 3 is 2.90 bits per heavy atom. The van der Waals surface area contributed by atoms with Gasteiger partial charge in [-0.05, 0) is 33.1 Å². The fraction of sp³-hybridized carbons (Fsp3) is 0.500. The maximum atomic E-state index is 12.2. The highest BCUT2D eigenvalue weighted by Gasteiger charge is 2.34. The number of hydrogen-bond acceptors (Lipinski definition) is 4. The van der Waals surface area contributed by atoms with Gasteiger partial charge >= 0.3 is 0 Å². The quantitative estimate of drug-likeness (QED) is 0.874. The molecule has 0 unspecified atom stereocenters. The summed E-state index contributed by atoms with van der Waals surface area (Å²) < 4.78 is 1.67. The van der Waals surface area contributed by atoms with Crippen LogP contribution in [-0.2, 0) is 0 Å². The van der Waals surface area contributed by atoms with E-state index in [1.165, 1.54) is 0 Å². The minimum Gasteiger partial charge on any atom is -0.388 e. The molecule has 1 aliphatic carbocycles. The van der Waals surface area contributed by atoms with Crippen molar-refractivity contribution in [2.24, 2.45) is 0 Å². The molecule has 20 heavy (non-hydrogen) atoms. The fourth-order valence-corrected chi connectivity index (χ4v) is 2.49. The highest BCUT2D eigenvalue weighted by atomic mass is 16.3. The van der Waals surface area contributed by atoms with Gasteiger partial charge in [-0.2, -0.15) is 5.10 Å². The van der Waals surface area contributed by atoms with Crippen LogP contribution in [0.3, 0.4) is 0 Å². The van der Waals surface area contributed by atoms with E-state index in [2.05, 4.69) is 15.4 Å². The third-order valence-corrected chi connectivity index (χ3v) is 3.95. The molecule has 2 heterocycles. The van der Waals surface area contributed by atoms with Gasteiger partial charge in [-0.3, -0.25) is 4.79 Å². The van der Waals surface area contributed by atoms with E-state index < -0.39 is 5.60 Å². The minimum absolute atomic E-state index is 0.217. The zero-order chi connectivity index (χ0) is 14.3. The molecule has 1 saturated carbocycles. The Morgan fingerprint density at radius 2 is 2.25 bits per heavy atom. The van der Waals surface area contributed by atoms with Crippen molar-refractivity contribution in [2.45, 2.75) is 38.7 Å². The highest BCUT2D eigenvalue weighted by Crippen LogP contribution is 2.30. The summed E-state index contributed by atoms with van der Waals surface area (Å²) in [6, 6.07) is 1.87. The molecular formula is C14H18N4O2. The third-order valence-electron chi connectivity index (χ3n) is 3.95. The summed E-state index contributed by atoms with van der Waals surface area (Å²) >= 11 is 0. The van der Waals surface area contributed by atoms with Crippen molar-refractivity contribution in [3.63, 3.8) is 0 Å². The van der Waals surface area contributed by atoms with Crippen molar-refractivity contribution < 1.29 is 9.90 Å². The number of nitrogens with one attached hydrogen (secondary N) is 1. The second-order valence-electron chi connectivity index (χ2n) is 5.57. The molecule has 2 aromatic heterocycles. The second-order valence-corrected chi connectivity index (χ2v) is 5.57. The molecule has 0 saturated heterocycles. The monoisotopic (exact) mass is 274 g/mol. The Balaban J connectivity index is 1.82. The molecule has 2 N–H and O–H groups in total. The van der Waals surface area contributed by atoms with E-state index in [0.29, 0.717) is 12.1 Å². The van der Waals surface area contributed by atoms with E-state index in [1.54, 1.807) is 10.7 Å². The van der Waals surface area contributed by atoms with Crippen LogP contribution in [-0.4, -0.2) is 37.8 Å². The molecular weight excluding hydrogens is 256 g/mol. The molecule has 1 amide bonds. The van der Waals surface area contributed by atoms with E-state index in [1.807, 2.05) is 19.9 Å². The van der Waals surface area contributed by atoms with Crippen molar-refractivity contribution >= 4 is 11.6 Å². The standard InChI is InChI=1S/C14H18N4O2/c1-9-6-12-15-7-11(10(2)18(12)17-9)13(19)16-8-14(20)4-3-5-14/h6-7,20H,3-5,8H2,1-2H3,(H,16,19). The molecule has 0 radical (unpaired) electrons. The number of amides is 1. The molecule has 3 rings (SSSR count). The van der Waals surface area contributed by atoms with Gasteiger partial charge in [0.25, 0.3) is 5.91 Å². The predicted molar refractivity (Wildman–Crippen MR) is 73.6 cm³/mol. The molecule has 6 heteroatoms. The molecule has 1 fully saturated rings. The van der Waals surface area contributed by atoms with Crippen LogP contribution in [0.5, 0.6) is 0 Å². The summed E-state index contributed by atoms with van der Waals surface area (Å²) in [5, 5.41) is 17.1. The summed E-state index contributed by atoms with van der Waals surface area (Å²) in [7, 11) is 0. The topological polar surface area (TPSA) is 79.5 Å². The number of nitrogens with zero attached hydrogens (tertiary/aromatic N) is 3. The summed E-state index contributed by atoms with van der Waals surface area (Å²) in [5.74, 6) is -0.217. The SMILES string of the molecule is Cc1cc2ncc(C(=O)NCC3(O)CCC3)c(C)n2n1. The fourth-order valence-electron chi connectivity index (χ4n) is 2.49. The lowest BCUT2D eigenvalue weighted by Gasteiger charge is -2.36. The number of rotatable bonds is 3. The smallest absolute Gasteiger partial charge is 0.254 e. The lowest BCUT2D eigenvalue weighted by atomic mass is 9.80. The molecule has 0 spiro atoms. The lowest BCUT2D eigenvalue weighted by Crippen LogP contribution is -2.47. The zero-order valence-electron chi connectivity index (χ0n) is 11.7. The van der Waals surface area contributed by atoms with Crippen molar-refractivity contribution in [2.75, 3.05) is 6.54 Å². The van der Waals surface area contributed by atoms with Gasteiger partial charge in [-0.25, -0.2) is 9.50 Å². The molecule has 0 aliphatic heterocycles. The molecule has 1 aliphatic rings. The van der Waals surface area contributed by atoms with Crippen LogP contribution in [0, 0.1) is 13.8 Å². The first-order chi connectivity index (χ1) is 9.48. The maximum Gasteiger partial charge on any atom is 0.254 e. The Kier molecular flexibility index (Phi) is 2.97. The number of hydrogen-bond donors (Lipinski definition) is 2. The Morgan fingerprint density at radius 1 is 1.50 bits per heavy atom. The van der Waals surface area contributed by atoms with Crippen LogP contribution < -0.4 is 5.32 Å².